The van der Waals surface area contributed by atoms with Crippen molar-refractivity contribution in [3.05, 3.63) is 158 Å². The monoisotopic (exact) mass is 574 g/mol. The molecule has 0 fully saturated rings. The van der Waals surface area contributed by atoms with E-state index in [-0.39, 0.29) is 0 Å². The molecule has 0 atom stereocenters. The van der Waals surface area contributed by atoms with Gasteiger partial charge in [0.1, 0.15) is 0 Å². The number of nitrogens with zero attached hydrogens (tertiary/aromatic N) is 2. The van der Waals surface area contributed by atoms with Crippen molar-refractivity contribution >= 4 is 43.6 Å². The van der Waals surface area contributed by atoms with Crippen LogP contribution in [0.4, 0.5) is 0 Å². The van der Waals surface area contributed by atoms with Gasteiger partial charge in [-0.2, -0.15) is 0 Å². The lowest BCUT2D eigenvalue weighted by atomic mass is 9.92. The maximum Gasteiger partial charge on any atom is 0.152 e. The van der Waals surface area contributed by atoms with Gasteiger partial charge in [-0.15, -0.1) is 0 Å². The minimum atomic E-state index is 0.870. The summed E-state index contributed by atoms with van der Waals surface area (Å²) in [7, 11) is 0. The SMILES string of the molecule is c1ccc2c(c1)Oc1cccc3c4cccc(-c5ccccc5-c5ccccc5-n5c6ccccc6c6ccccc65)c4n-2c13. The minimum Gasteiger partial charge on any atom is -0.453 e. The first-order chi connectivity index (χ1) is 22.4. The Labute approximate surface area is 259 Å². The molecule has 3 heteroatoms. The van der Waals surface area contributed by atoms with Crippen molar-refractivity contribution in [3.63, 3.8) is 0 Å². The fourth-order valence-electron chi connectivity index (χ4n) is 7.50. The average Bonchev–Trinajstić information content (AvgIpc) is 3.63. The molecule has 45 heavy (non-hydrogen) atoms. The highest BCUT2D eigenvalue weighted by Gasteiger charge is 2.26. The molecule has 7 aromatic carbocycles. The van der Waals surface area contributed by atoms with E-state index in [1.807, 2.05) is 6.07 Å². The second-order valence-electron chi connectivity index (χ2n) is 11.7. The molecule has 0 saturated carbocycles. The van der Waals surface area contributed by atoms with Crippen LogP contribution in [-0.4, -0.2) is 9.13 Å². The van der Waals surface area contributed by atoms with Crippen LogP contribution in [0.15, 0.2) is 158 Å². The van der Waals surface area contributed by atoms with Gasteiger partial charge >= 0.3 is 0 Å². The van der Waals surface area contributed by atoms with Gasteiger partial charge in [-0.25, -0.2) is 0 Å². The number of para-hydroxylation sites is 7. The van der Waals surface area contributed by atoms with Crippen LogP contribution in [0.1, 0.15) is 0 Å². The highest BCUT2D eigenvalue weighted by molar-refractivity contribution is 6.17. The highest BCUT2D eigenvalue weighted by atomic mass is 16.5. The van der Waals surface area contributed by atoms with E-state index in [0.29, 0.717) is 0 Å². The van der Waals surface area contributed by atoms with E-state index < -0.39 is 0 Å². The molecular weight excluding hydrogens is 548 g/mol. The number of rotatable bonds is 3. The largest absolute Gasteiger partial charge is 0.453 e. The van der Waals surface area contributed by atoms with Crippen LogP contribution >= 0.6 is 0 Å². The van der Waals surface area contributed by atoms with E-state index in [4.69, 9.17) is 4.74 Å². The molecule has 0 bridgehead atoms. The lowest BCUT2D eigenvalue weighted by Gasteiger charge is -2.22. The number of hydrogen-bond donors (Lipinski definition) is 0. The fourth-order valence-corrected chi connectivity index (χ4v) is 7.50. The minimum absolute atomic E-state index is 0.870. The van der Waals surface area contributed by atoms with Crippen LogP contribution in [0.5, 0.6) is 11.5 Å². The molecule has 0 spiro atoms. The first kappa shape index (κ1) is 24.4. The molecule has 2 aromatic heterocycles. The van der Waals surface area contributed by atoms with Crippen LogP contribution in [0.3, 0.4) is 0 Å². The Morgan fingerprint density at radius 1 is 0.311 bits per heavy atom. The maximum absolute atomic E-state index is 6.42. The molecule has 0 aliphatic carbocycles. The van der Waals surface area contributed by atoms with E-state index in [1.165, 1.54) is 60.3 Å². The van der Waals surface area contributed by atoms with Gasteiger partial charge in [-0.1, -0.05) is 121 Å². The Hall–Kier alpha value is -6.06. The molecular formula is C42H26N2O. The predicted molar refractivity (Wildman–Crippen MR) is 186 cm³/mol. The number of benzene rings is 7. The zero-order valence-corrected chi connectivity index (χ0v) is 24.3. The summed E-state index contributed by atoms with van der Waals surface area (Å²) in [5.74, 6) is 1.76. The van der Waals surface area contributed by atoms with E-state index in [1.54, 1.807) is 0 Å². The van der Waals surface area contributed by atoms with Gasteiger partial charge in [-0.05, 0) is 47.5 Å². The second kappa shape index (κ2) is 9.22. The number of aromatic nitrogens is 2. The van der Waals surface area contributed by atoms with Crippen LogP contribution in [0, 0.1) is 0 Å². The lowest BCUT2D eigenvalue weighted by Crippen LogP contribution is -2.04. The molecule has 3 nitrogen and oxygen atoms in total. The van der Waals surface area contributed by atoms with Gasteiger partial charge in [0.2, 0.25) is 0 Å². The number of ether oxygens (including phenoxy) is 1. The molecule has 1 aliphatic heterocycles. The predicted octanol–water partition coefficient (Wildman–Crippen LogP) is 11.3. The van der Waals surface area contributed by atoms with Crippen molar-refractivity contribution in [3.8, 4) is 45.1 Å². The van der Waals surface area contributed by atoms with E-state index in [9.17, 15) is 0 Å². The second-order valence-corrected chi connectivity index (χ2v) is 11.7. The van der Waals surface area contributed by atoms with Gasteiger partial charge in [0.25, 0.3) is 0 Å². The molecule has 0 N–H and O–H groups in total. The van der Waals surface area contributed by atoms with Crippen LogP contribution < -0.4 is 4.74 Å². The van der Waals surface area contributed by atoms with Crippen LogP contribution in [-0.2, 0) is 0 Å². The Morgan fingerprint density at radius 2 is 0.800 bits per heavy atom. The zero-order chi connectivity index (χ0) is 29.5. The van der Waals surface area contributed by atoms with Crippen molar-refractivity contribution < 1.29 is 4.74 Å². The average molecular weight is 575 g/mol. The van der Waals surface area contributed by atoms with Crippen molar-refractivity contribution in [1.29, 1.82) is 0 Å². The Bertz CT molecular complexity index is 2580. The molecule has 0 unspecified atom stereocenters. The first-order valence-corrected chi connectivity index (χ1v) is 15.4. The van der Waals surface area contributed by atoms with Gasteiger partial charge in [0.15, 0.2) is 11.5 Å². The third-order valence-electron chi connectivity index (χ3n) is 9.33. The van der Waals surface area contributed by atoms with Crippen LogP contribution in [0.25, 0.3) is 77.2 Å². The van der Waals surface area contributed by atoms with Gasteiger partial charge in [0, 0.05) is 32.7 Å². The summed E-state index contributed by atoms with van der Waals surface area (Å²) in [6.07, 6.45) is 0. The normalized spacial score (nSPS) is 12.2. The topological polar surface area (TPSA) is 19.1 Å². The summed E-state index contributed by atoms with van der Waals surface area (Å²) in [4.78, 5) is 0. The summed E-state index contributed by atoms with van der Waals surface area (Å²) < 4.78 is 11.3. The summed E-state index contributed by atoms with van der Waals surface area (Å²) in [6, 6.07) is 56.5. The Balaban J connectivity index is 1.29. The van der Waals surface area contributed by atoms with Crippen LogP contribution in [0.2, 0.25) is 0 Å². The summed E-state index contributed by atoms with van der Waals surface area (Å²) in [5.41, 5.74) is 11.7. The van der Waals surface area contributed by atoms with Crippen molar-refractivity contribution in [1.82, 2.24) is 9.13 Å². The quantitative estimate of drug-likeness (QED) is 0.205. The fraction of sp³-hybridized carbons (Fsp3) is 0. The molecule has 0 radical (unpaired) electrons. The zero-order valence-electron chi connectivity index (χ0n) is 24.3. The summed E-state index contributed by atoms with van der Waals surface area (Å²) in [6.45, 7) is 0. The Morgan fingerprint density at radius 3 is 1.56 bits per heavy atom. The molecule has 10 rings (SSSR count). The highest BCUT2D eigenvalue weighted by Crippen LogP contribution is 2.48. The van der Waals surface area contributed by atoms with Gasteiger partial charge < -0.3 is 13.9 Å². The van der Waals surface area contributed by atoms with Crippen molar-refractivity contribution in [2.75, 3.05) is 0 Å². The molecule has 1 aliphatic rings. The third-order valence-corrected chi connectivity index (χ3v) is 9.33. The summed E-state index contributed by atoms with van der Waals surface area (Å²) in [5, 5.41) is 4.94. The van der Waals surface area contributed by atoms with Crippen molar-refractivity contribution in [2.45, 2.75) is 0 Å². The number of hydrogen-bond acceptors (Lipinski definition) is 1. The molecule has 210 valence electrons. The molecule has 9 aromatic rings. The van der Waals surface area contributed by atoms with Gasteiger partial charge in [0.05, 0.1) is 33.4 Å². The lowest BCUT2D eigenvalue weighted by molar-refractivity contribution is 0.476. The van der Waals surface area contributed by atoms with Gasteiger partial charge in [-0.3, -0.25) is 0 Å². The third kappa shape index (κ3) is 3.35. The standard InChI is InChI=1S/C42H26N2O/c1-2-14-28(32-18-11-19-33-34-20-12-26-40-42(34)44(41(32)33)38-24-9-10-25-39(38)45-40)27(13-1)29-15-3-6-21-35(29)43-36-22-7-4-16-30(36)31-17-5-8-23-37(31)43/h1-26H. The smallest absolute Gasteiger partial charge is 0.152 e. The molecule has 0 saturated heterocycles. The van der Waals surface area contributed by atoms with Crippen molar-refractivity contribution in [2.24, 2.45) is 0 Å². The van der Waals surface area contributed by atoms with E-state index in [2.05, 4.69) is 161 Å². The first-order valence-electron chi connectivity index (χ1n) is 15.4. The summed E-state index contributed by atoms with van der Waals surface area (Å²) >= 11 is 0. The number of fused-ring (bicyclic) bond motifs is 8. The molecule has 3 heterocycles. The Kier molecular flexibility index (Phi) is 5.00. The van der Waals surface area contributed by atoms with E-state index >= 15 is 0 Å². The maximum atomic E-state index is 6.42. The van der Waals surface area contributed by atoms with E-state index in [0.717, 1.165) is 28.4 Å². The molecule has 0 amide bonds.